The van der Waals surface area contributed by atoms with Crippen molar-refractivity contribution < 1.29 is 9.13 Å². The standard InChI is InChI=1S/C15H22FNO/c1-4-12(8-17-3)15(9-18-10-15)13-5-6-14(16)11(2)7-13/h5-7,12,17H,4,8-10H2,1-3H3. The zero-order valence-corrected chi connectivity index (χ0v) is 11.4. The van der Waals surface area contributed by atoms with Crippen LogP contribution in [0.4, 0.5) is 4.39 Å². The second-order valence-corrected chi connectivity index (χ2v) is 5.28. The smallest absolute Gasteiger partial charge is 0.126 e. The number of benzene rings is 1. The monoisotopic (exact) mass is 251 g/mol. The molecule has 18 heavy (non-hydrogen) atoms. The first-order valence-electron chi connectivity index (χ1n) is 6.63. The second-order valence-electron chi connectivity index (χ2n) is 5.28. The van der Waals surface area contributed by atoms with Crippen LogP contribution in [0.5, 0.6) is 0 Å². The van der Waals surface area contributed by atoms with E-state index in [0.29, 0.717) is 5.92 Å². The zero-order valence-electron chi connectivity index (χ0n) is 11.4. The van der Waals surface area contributed by atoms with E-state index >= 15 is 0 Å². The fraction of sp³-hybridized carbons (Fsp3) is 0.600. The molecule has 1 aliphatic heterocycles. The Morgan fingerprint density at radius 1 is 1.44 bits per heavy atom. The Morgan fingerprint density at radius 2 is 2.17 bits per heavy atom. The summed E-state index contributed by atoms with van der Waals surface area (Å²) in [5, 5.41) is 3.26. The van der Waals surface area contributed by atoms with Gasteiger partial charge in [0.2, 0.25) is 0 Å². The average Bonchev–Trinajstić information content (AvgIpc) is 2.31. The Kier molecular flexibility index (Phi) is 4.03. The second kappa shape index (κ2) is 5.37. The van der Waals surface area contributed by atoms with Crippen molar-refractivity contribution in [2.24, 2.45) is 5.92 Å². The highest BCUT2D eigenvalue weighted by atomic mass is 19.1. The van der Waals surface area contributed by atoms with Crippen molar-refractivity contribution in [2.45, 2.75) is 25.7 Å². The van der Waals surface area contributed by atoms with Crippen molar-refractivity contribution in [1.82, 2.24) is 5.32 Å². The summed E-state index contributed by atoms with van der Waals surface area (Å²) >= 11 is 0. The van der Waals surface area contributed by atoms with Crippen molar-refractivity contribution in [3.63, 3.8) is 0 Å². The van der Waals surface area contributed by atoms with Crippen LogP contribution >= 0.6 is 0 Å². The molecule has 2 nitrogen and oxygen atoms in total. The van der Waals surface area contributed by atoms with Gasteiger partial charge in [-0.25, -0.2) is 4.39 Å². The summed E-state index contributed by atoms with van der Waals surface area (Å²) in [7, 11) is 1.98. The molecule has 0 spiro atoms. The maximum atomic E-state index is 13.4. The van der Waals surface area contributed by atoms with Crippen molar-refractivity contribution in [1.29, 1.82) is 0 Å². The molecule has 0 saturated carbocycles. The number of aryl methyl sites for hydroxylation is 1. The van der Waals surface area contributed by atoms with Gasteiger partial charge in [0.05, 0.1) is 13.2 Å². The van der Waals surface area contributed by atoms with E-state index in [0.717, 1.165) is 31.7 Å². The summed E-state index contributed by atoms with van der Waals surface area (Å²) in [6.45, 7) is 6.50. The Hall–Kier alpha value is -0.930. The van der Waals surface area contributed by atoms with Gasteiger partial charge in [-0.1, -0.05) is 25.5 Å². The lowest BCUT2D eigenvalue weighted by molar-refractivity contribution is -0.0910. The lowest BCUT2D eigenvalue weighted by atomic mass is 9.67. The van der Waals surface area contributed by atoms with Crippen LogP contribution in [-0.4, -0.2) is 26.8 Å². The summed E-state index contributed by atoms with van der Waals surface area (Å²) in [6.07, 6.45) is 1.10. The number of ether oxygens (including phenoxy) is 1. The first kappa shape index (κ1) is 13.5. The van der Waals surface area contributed by atoms with Gasteiger partial charge in [0.25, 0.3) is 0 Å². The van der Waals surface area contributed by atoms with Crippen LogP contribution in [-0.2, 0) is 10.2 Å². The third-order valence-electron chi connectivity index (χ3n) is 4.18. The predicted octanol–water partition coefficient (Wildman–Crippen LogP) is 2.65. The third-order valence-corrected chi connectivity index (χ3v) is 4.18. The Labute approximate surface area is 109 Å². The third kappa shape index (κ3) is 2.17. The molecule has 1 atom stereocenters. The number of hydrogen-bond donors (Lipinski definition) is 1. The van der Waals surface area contributed by atoms with Crippen LogP contribution in [0.25, 0.3) is 0 Å². The SMILES string of the molecule is CCC(CNC)C1(c2ccc(F)c(C)c2)COC1. The minimum atomic E-state index is -0.129. The minimum Gasteiger partial charge on any atom is -0.379 e. The van der Waals surface area contributed by atoms with E-state index in [1.165, 1.54) is 5.56 Å². The van der Waals surface area contributed by atoms with Crippen LogP contribution in [0, 0.1) is 18.7 Å². The maximum Gasteiger partial charge on any atom is 0.126 e. The van der Waals surface area contributed by atoms with E-state index in [4.69, 9.17) is 4.74 Å². The topological polar surface area (TPSA) is 21.3 Å². The molecule has 1 aromatic carbocycles. The Morgan fingerprint density at radius 3 is 2.61 bits per heavy atom. The van der Waals surface area contributed by atoms with Crippen molar-refractivity contribution in [2.75, 3.05) is 26.8 Å². The molecule has 3 heteroatoms. The summed E-state index contributed by atoms with van der Waals surface area (Å²) < 4.78 is 18.9. The van der Waals surface area contributed by atoms with Crippen LogP contribution in [0.1, 0.15) is 24.5 Å². The van der Waals surface area contributed by atoms with Gasteiger partial charge in [0.15, 0.2) is 0 Å². The normalized spacial score (nSPS) is 19.3. The van der Waals surface area contributed by atoms with Crippen LogP contribution in [0.3, 0.4) is 0 Å². The molecule has 0 aromatic heterocycles. The fourth-order valence-electron chi connectivity index (χ4n) is 2.89. The molecule has 1 fully saturated rings. The quantitative estimate of drug-likeness (QED) is 0.868. The van der Waals surface area contributed by atoms with Gasteiger partial charge < -0.3 is 10.1 Å². The molecule has 1 saturated heterocycles. The number of rotatable bonds is 5. The van der Waals surface area contributed by atoms with Gasteiger partial charge in [-0.15, -0.1) is 0 Å². The zero-order chi connectivity index (χ0) is 13.2. The van der Waals surface area contributed by atoms with Gasteiger partial charge in [-0.2, -0.15) is 0 Å². The van der Waals surface area contributed by atoms with Crippen LogP contribution < -0.4 is 5.32 Å². The summed E-state index contributed by atoms with van der Waals surface area (Å²) in [4.78, 5) is 0. The number of hydrogen-bond acceptors (Lipinski definition) is 2. The first-order valence-corrected chi connectivity index (χ1v) is 6.63. The van der Waals surface area contributed by atoms with Gasteiger partial charge >= 0.3 is 0 Å². The molecular formula is C15H22FNO. The van der Waals surface area contributed by atoms with E-state index in [9.17, 15) is 4.39 Å². The van der Waals surface area contributed by atoms with Gasteiger partial charge in [0, 0.05) is 5.41 Å². The highest BCUT2D eigenvalue weighted by Gasteiger charge is 2.46. The molecule has 1 N–H and O–H groups in total. The summed E-state index contributed by atoms with van der Waals surface area (Å²) in [6, 6.07) is 5.48. The lowest BCUT2D eigenvalue weighted by Gasteiger charge is -2.47. The van der Waals surface area contributed by atoms with E-state index < -0.39 is 0 Å². The summed E-state index contributed by atoms with van der Waals surface area (Å²) in [5.74, 6) is 0.400. The van der Waals surface area contributed by atoms with E-state index in [1.807, 2.05) is 26.1 Å². The van der Waals surface area contributed by atoms with Gasteiger partial charge in [0.1, 0.15) is 5.82 Å². The van der Waals surface area contributed by atoms with Crippen molar-refractivity contribution >= 4 is 0 Å². The highest BCUT2D eigenvalue weighted by Crippen LogP contribution is 2.41. The molecule has 1 unspecified atom stereocenters. The molecule has 0 bridgehead atoms. The molecule has 1 heterocycles. The van der Waals surface area contributed by atoms with E-state index in [1.54, 1.807) is 6.07 Å². The Balaban J connectivity index is 2.33. The largest absolute Gasteiger partial charge is 0.379 e. The lowest BCUT2D eigenvalue weighted by Crippen LogP contribution is -2.54. The minimum absolute atomic E-state index is 0.0657. The molecule has 0 amide bonds. The van der Waals surface area contributed by atoms with Crippen molar-refractivity contribution in [3.05, 3.63) is 35.1 Å². The number of nitrogens with one attached hydrogen (secondary N) is 1. The highest BCUT2D eigenvalue weighted by molar-refractivity contribution is 5.33. The number of halogens is 1. The van der Waals surface area contributed by atoms with Gasteiger partial charge in [-0.05, 0) is 43.6 Å². The van der Waals surface area contributed by atoms with E-state index in [-0.39, 0.29) is 11.2 Å². The molecule has 1 aliphatic rings. The molecule has 100 valence electrons. The van der Waals surface area contributed by atoms with Crippen molar-refractivity contribution in [3.8, 4) is 0 Å². The van der Waals surface area contributed by atoms with Gasteiger partial charge in [-0.3, -0.25) is 0 Å². The molecule has 2 rings (SSSR count). The Bertz CT molecular complexity index is 415. The molecule has 1 aromatic rings. The van der Waals surface area contributed by atoms with E-state index in [2.05, 4.69) is 12.2 Å². The maximum absolute atomic E-state index is 13.4. The molecular weight excluding hydrogens is 229 g/mol. The summed E-state index contributed by atoms with van der Waals surface area (Å²) in [5.41, 5.74) is 2.00. The van der Waals surface area contributed by atoms with Crippen LogP contribution in [0.15, 0.2) is 18.2 Å². The molecule has 0 radical (unpaired) electrons. The average molecular weight is 251 g/mol. The van der Waals surface area contributed by atoms with Crippen LogP contribution in [0.2, 0.25) is 0 Å². The molecule has 0 aliphatic carbocycles. The fourth-order valence-corrected chi connectivity index (χ4v) is 2.89. The first-order chi connectivity index (χ1) is 8.64. The predicted molar refractivity (Wildman–Crippen MR) is 71.3 cm³/mol.